The lowest BCUT2D eigenvalue weighted by molar-refractivity contribution is -0.122. The molecule has 0 heterocycles. The minimum atomic E-state index is -0.520. The monoisotopic (exact) mass is 222 g/mol. The van der Waals surface area contributed by atoms with Crippen molar-refractivity contribution in [1.29, 1.82) is 0 Å². The smallest absolute Gasteiger partial charge is 0.337 e. The molecule has 0 amide bonds. The Morgan fingerprint density at radius 1 is 1.31 bits per heavy atom. The van der Waals surface area contributed by atoms with Crippen LogP contribution in [0.25, 0.3) is 0 Å². The summed E-state index contributed by atoms with van der Waals surface area (Å²) >= 11 is 0. The topological polar surface area (TPSA) is 52.6 Å². The quantitative estimate of drug-likeness (QED) is 0.729. The first-order valence-electron chi connectivity index (χ1n) is 4.90. The van der Waals surface area contributed by atoms with Crippen molar-refractivity contribution in [2.45, 2.75) is 20.0 Å². The predicted octanol–water partition coefficient (Wildman–Crippen LogP) is 1.83. The number of ether oxygens (including phenoxy) is 2. The third-order valence-corrected chi connectivity index (χ3v) is 2.14. The maximum Gasteiger partial charge on any atom is 0.337 e. The van der Waals surface area contributed by atoms with Gasteiger partial charge in [-0.1, -0.05) is 6.07 Å². The molecule has 0 aliphatic heterocycles. The summed E-state index contributed by atoms with van der Waals surface area (Å²) in [6, 6.07) is 6.53. The fraction of sp³-hybridized carbons (Fsp3) is 0.333. The van der Waals surface area contributed by atoms with Gasteiger partial charge in [0.1, 0.15) is 5.75 Å². The van der Waals surface area contributed by atoms with E-state index in [1.807, 2.05) is 0 Å². The second-order valence-electron chi connectivity index (χ2n) is 3.39. The fourth-order valence-electron chi connectivity index (χ4n) is 1.10. The van der Waals surface area contributed by atoms with E-state index in [-0.39, 0.29) is 5.78 Å². The number of benzene rings is 1. The molecule has 0 saturated heterocycles. The van der Waals surface area contributed by atoms with Crippen molar-refractivity contribution in [2.75, 3.05) is 7.11 Å². The Bertz CT molecular complexity index is 398. The Morgan fingerprint density at radius 3 is 2.56 bits per heavy atom. The van der Waals surface area contributed by atoms with E-state index in [0.29, 0.717) is 11.3 Å². The maximum absolute atomic E-state index is 11.2. The van der Waals surface area contributed by atoms with E-state index in [4.69, 9.17) is 4.74 Å². The zero-order valence-corrected chi connectivity index (χ0v) is 9.52. The van der Waals surface area contributed by atoms with E-state index in [1.165, 1.54) is 14.0 Å². The van der Waals surface area contributed by atoms with Crippen molar-refractivity contribution in [2.24, 2.45) is 0 Å². The van der Waals surface area contributed by atoms with E-state index < -0.39 is 12.1 Å². The van der Waals surface area contributed by atoms with Crippen LogP contribution in [0.4, 0.5) is 0 Å². The summed E-state index contributed by atoms with van der Waals surface area (Å²) in [7, 11) is 1.31. The largest absolute Gasteiger partial charge is 0.483 e. The van der Waals surface area contributed by atoms with E-state index in [1.54, 1.807) is 31.2 Å². The highest BCUT2D eigenvalue weighted by Crippen LogP contribution is 2.15. The summed E-state index contributed by atoms with van der Waals surface area (Å²) in [5.74, 6) is -0.0185. The first-order valence-corrected chi connectivity index (χ1v) is 4.90. The van der Waals surface area contributed by atoms with Crippen molar-refractivity contribution in [3.63, 3.8) is 0 Å². The van der Waals surface area contributed by atoms with Gasteiger partial charge in [0.15, 0.2) is 11.9 Å². The molecule has 1 aromatic carbocycles. The van der Waals surface area contributed by atoms with Gasteiger partial charge in [-0.15, -0.1) is 0 Å². The van der Waals surface area contributed by atoms with Gasteiger partial charge in [-0.25, -0.2) is 4.79 Å². The molecule has 4 nitrogen and oxygen atoms in total. The van der Waals surface area contributed by atoms with Crippen LogP contribution < -0.4 is 4.74 Å². The summed E-state index contributed by atoms with van der Waals surface area (Å²) in [5, 5.41) is 0. The van der Waals surface area contributed by atoms with Crippen molar-refractivity contribution in [1.82, 2.24) is 0 Å². The number of esters is 1. The highest BCUT2D eigenvalue weighted by Gasteiger charge is 2.11. The Labute approximate surface area is 94.2 Å². The molecular formula is C12H14O4. The predicted molar refractivity (Wildman–Crippen MR) is 58.6 cm³/mol. The number of rotatable bonds is 4. The molecule has 0 fully saturated rings. The van der Waals surface area contributed by atoms with E-state index in [9.17, 15) is 9.59 Å². The maximum atomic E-state index is 11.2. The first-order chi connectivity index (χ1) is 7.54. The summed E-state index contributed by atoms with van der Waals surface area (Å²) in [4.78, 5) is 22.2. The van der Waals surface area contributed by atoms with Gasteiger partial charge in [-0.05, 0) is 32.0 Å². The second kappa shape index (κ2) is 5.30. The van der Waals surface area contributed by atoms with E-state index in [2.05, 4.69) is 4.74 Å². The molecule has 1 atom stereocenters. The van der Waals surface area contributed by atoms with Gasteiger partial charge in [0.2, 0.25) is 0 Å². The van der Waals surface area contributed by atoms with Gasteiger partial charge in [-0.2, -0.15) is 0 Å². The van der Waals surface area contributed by atoms with Crippen LogP contribution in [0.1, 0.15) is 24.2 Å². The first kappa shape index (κ1) is 12.2. The number of carbonyl (C=O) groups excluding carboxylic acids is 2. The van der Waals surface area contributed by atoms with Gasteiger partial charge in [0, 0.05) is 0 Å². The van der Waals surface area contributed by atoms with Crippen LogP contribution in [0.5, 0.6) is 5.75 Å². The van der Waals surface area contributed by atoms with Crippen LogP contribution >= 0.6 is 0 Å². The zero-order chi connectivity index (χ0) is 12.1. The molecule has 0 radical (unpaired) electrons. The fourth-order valence-corrected chi connectivity index (χ4v) is 1.10. The molecule has 0 aromatic heterocycles. The van der Waals surface area contributed by atoms with Crippen LogP contribution in [0.2, 0.25) is 0 Å². The number of Topliss-reactive ketones (excluding diaryl/α,β-unsaturated/α-hetero) is 1. The highest BCUT2D eigenvalue weighted by atomic mass is 16.5. The standard InChI is InChI=1S/C12H14O4/c1-8(13)9(2)16-11-6-4-5-10(7-11)12(14)15-3/h4-7,9H,1-3H3. The Kier molecular flexibility index (Phi) is 4.05. The molecule has 1 unspecified atom stereocenters. The number of hydrogen-bond acceptors (Lipinski definition) is 4. The van der Waals surface area contributed by atoms with Crippen molar-refractivity contribution < 1.29 is 19.1 Å². The average molecular weight is 222 g/mol. The minimum Gasteiger partial charge on any atom is -0.483 e. The van der Waals surface area contributed by atoms with E-state index >= 15 is 0 Å². The van der Waals surface area contributed by atoms with Crippen LogP contribution in [-0.4, -0.2) is 25.0 Å². The van der Waals surface area contributed by atoms with Gasteiger partial charge in [-0.3, -0.25) is 4.79 Å². The number of hydrogen-bond donors (Lipinski definition) is 0. The lowest BCUT2D eigenvalue weighted by Gasteiger charge is -2.11. The van der Waals surface area contributed by atoms with E-state index in [0.717, 1.165) is 0 Å². The second-order valence-corrected chi connectivity index (χ2v) is 3.39. The van der Waals surface area contributed by atoms with Crippen LogP contribution in [-0.2, 0) is 9.53 Å². The molecule has 16 heavy (non-hydrogen) atoms. The van der Waals surface area contributed by atoms with Crippen LogP contribution in [0.3, 0.4) is 0 Å². The van der Waals surface area contributed by atoms with Crippen molar-refractivity contribution >= 4 is 11.8 Å². The van der Waals surface area contributed by atoms with Gasteiger partial charge < -0.3 is 9.47 Å². The molecule has 0 saturated carbocycles. The summed E-state index contributed by atoms with van der Waals surface area (Å²) in [6.07, 6.45) is -0.520. The Hall–Kier alpha value is -1.84. The molecule has 1 rings (SSSR count). The third-order valence-electron chi connectivity index (χ3n) is 2.14. The molecule has 0 spiro atoms. The summed E-state index contributed by atoms with van der Waals surface area (Å²) in [5.41, 5.74) is 0.399. The number of methoxy groups -OCH3 is 1. The molecular weight excluding hydrogens is 208 g/mol. The lowest BCUT2D eigenvalue weighted by Crippen LogP contribution is -2.20. The lowest BCUT2D eigenvalue weighted by atomic mass is 10.2. The highest BCUT2D eigenvalue weighted by molar-refractivity contribution is 5.89. The van der Waals surface area contributed by atoms with Crippen molar-refractivity contribution in [3.05, 3.63) is 29.8 Å². The third kappa shape index (κ3) is 3.08. The number of carbonyl (C=O) groups is 2. The van der Waals surface area contributed by atoms with Crippen molar-refractivity contribution in [3.8, 4) is 5.75 Å². The minimum absolute atomic E-state index is 0.0662. The van der Waals surface area contributed by atoms with Gasteiger partial charge >= 0.3 is 5.97 Å². The molecule has 1 aromatic rings. The van der Waals surface area contributed by atoms with Crippen LogP contribution in [0.15, 0.2) is 24.3 Å². The summed E-state index contributed by atoms with van der Waals surface area (Å²) < 4.78 is 9.94. The molecule has 0 aliphatic carbocycles. The number of ketones is 1. The summed E-state index contributed by atoms with van der Waals surface area (Å²) in [6.45, 7) is 3.11. The SMILES string of the molecule is COC(=O)c1cccc(OC(C)C(C)=O)c1. The molecule has 0 bridgehead atoms. The molecule has 4 heteroatoms. The zero-order valence-electron chi connectivity index (χ0n) is 9.52. The Balaban J connectivity index is 2.82. The molecule has 0 N–H and O–H groups in total. The molecule has 86 valence electrons. The molecule has 0 aliphatic rings. The van der Waals surface area contributed by atoms with Crippen LogP contribution in [0, 0.1) is 0 Å². The van der Waals surface area contributed by atoms with Gasteiger partial charge in [0.05, 0.1) is 12.7 Å². The average Bonchev–Trinajstić information content (AvgIpc) is 2.28. The Morgan fingerprint density at radius 2 is 2.00 bits per heavy atom. The van der Waals surface area contributed by atoms with Gasteiger partial charge in [0.25, 0.3) is 0 Å². The normalized spacial score (nSPS) is 11.7.